The van der Waals surface area contributed by atoms with E-state index in [4.69, 9.17) is 0 Å². The maximum Gasteiger partial charge on any atom is 0.0541 e. The van der Waals surface area contributed by atoms with Crippen molar-refractivity contribution in [2.24, 2.45) is 0 Å². The lowest BCUT2D eigenvalue weighted by atomic mass is 9.86. The van der Waals surface area contributed by atoms with E-state index in [1.807, 2.05) is 13.0 Å². The second-order valence-corrected chi connectivity index (χ2v) is 14.8. The fourth-order valence-corrected chi connectivity index (χ4v) is 7.39. The predicted octanol–water partition coefficient (Wildman–Crippen LogP) is 14.5. The van der Waals surface area contributed by atoms with Crippen LogP contribution in [0.4, 0.5) is 17.1 Å². The van der Waals surface area contributed by atoms with Crippen molar-refractivity contribution in [2.75, 3.05) is 4.90 Å². The third-order valence-electron chi connectivity index (χ3n) is 10.1. The maximum atomic E-state index is 4.35. The van der Waals surface area contributed by atoms with Gasteiger partial charge in [-0.15, -0.1) is 0 Å². The van der Waals surface area contributed by atoms with Crippen LogP contribution in [0, 0.1) is 0 Å². The van der Waals surface area contributed by atoms with Crippen molar-refractivity contribution in [2.45, 2.75) is 33.1 Å². The number of allylic oxidation sites excluding steroid dienone is 3. The van der Waals surface area contributed by atoms with Crippen LogP contribution in [-0.4, -0.2) is 4.57 Å². The molecule has 258 valence electrons. The summed E-state index contributed by atoms with van der Waals surface area (Å²) in [4.78, 5) is 2.36. The van der Waals surface area contributed by atoms with Crippen LogP contribution in [0.5, 0.6) is 0 Å². The molecule has 2 heteroatoms. The molecule has 0 N–H and O–H groups in total. The highest BCUT2D eigenvalue weighted by Gasteiger charge is 2.20. The fourth-order valence-electron chi connectivity index (χ4n) is 7.39. The van der Waals surface area contributed by atoms with Crippen LogP contribution in [0.15, 0.2) is 189 Å². The zero-order valence-corrected chi connectivity index (χ0v) is 30.9. The highest BCUT2D eigenvalue weighted by Crippen LogP contribution is 2.41. The first-order chi connectivity index (χ1) is 25.8. The van der Waals surface area contributed by atoms with Gasteiger partial charge in [-0.1, -0.05) is 137 Å². The quantitative estimate of drug-likeness (QED) is 0.145. The summed E-state index contributed by atoms with van der Waals surface area (Å²) in [5.41, 5.74) is 15.0. The molecule has 0 unspecified atom stereocenters. The van der Waals surface area contributed by atoms with Crippen molar-refractivity contribution in [3.05, 3.63) is 200 Å². The zero-order chi connectivity index (χ0) is 36.5. The van der Waals surface area contributed by atoms with Crippen molar-refractivity contribution >= 4 is 44.4 Å². The lowest BCUT2D eigenvalue weighted by Gasteiger charge is -2.27. The third kappa shape index (κ3) is 6.61. The third-order valence-corrected chi connectivity index (χ3v) is 10.1. The van der Waals surface area contributed by atoms with Crippen LogP contribution < -0.4 is 4.90 Å². The number of benzene rings is 7. The van der Waals surface area contributed by atoms with Gasteiger partial charge in [0.25, 0.3) is 0 Å². The number of hydrogen-bond acceptors (Lipinski definition) is 1. The van der Waals surface area contributed by atoms with E-state index in [0.29, 0.717) is 0 Å². The van der Waals surface area contributed by atoms with Crippen molar-refractivity contribution < 1.29 is 0 Å². The fraction of sp³-hybridized carbons (Fsp3) is 0.0980. The van der Waals surface area contributed by atoms with Crippen LogP contribution in [0.25, 0.3) is 55.3 Å². The van der Waals surface area contributed by atoms with E-state index in [-0.39, 0.29) is 5.41 Å². The molecule has 2 nitrogen and oxygen atoms in total. The van der Waals surface area contributed by atoms with Gasteiger partial charge in [-0.05, 0) is 124 Å². The van der Waals surface area contributed by atoms with Gasteiger partial charge in [0, 0.05) is 33.5 Å². The largest absolute Gasteiger partial charge is 0.310 e. The van der Waals surface area contributed by atoms with Crippen molar-refractivity contribution in [1.29, 1.82) is 0 Å². The van der Waals surface area contributed by atoms with Gasteiger partial charge in [-0.2, -0.15) is 0 Å². The normalized spacial score (nSPS) is 11.8. The molecule has 0 saturated heterocycles. The average molecular weight is 685 g/mol. The number of aromatic nitrogens is 1. The number of nitrogens with zero attached hydrogens (tertiary/aromatic N) is 2. The van der Waals surface area contributed by atoms with Gasteiger partial charge in [-0.3, -0.25) is 0 Å². The predicted molar refractivity (Wildman–Crippen MR) is 229 cm³/mol. The number of hydrogen-bond donors (Lipinski definition) is 0. The first kappa shape index (κ1) is 33.7. The Morgan fingerprint density at radius 3 is 1.70 bits per heavy atom. The van der Waals surface area contributed by atoms with Gasteiger partial charge >= 0.3 is 0 Å². The van der Waals surface area contributed by atoms with Crippen LogP contribution >= 0.6 is 0 Å². The molecule has 8 rings (SSSR count). The molecular formula is C51H44N2. The topological polar surface area (TPSA) is 8.17 Å². The molecule has 53 heavy (non-hydrogen) atoms. The molecular weight excluding hydrogens is 641 g/mol. The van der Waals surface area contributed by atoms with E-state index in [1.54, 1.807) is 0 Å². The lowest BCUT2D eigenvalue weighted by molar-refractivity contribution is 0.591. The number of para-hydroxylation sites is 1. The summed E-state index contributed by atoms with van der Waals surface area (Å²) in [7, 11) is 0. The Morgan fingerprint density at radius 1 is 0.528 bits per heavy atom. The van der Waals surface area contributed by atoms with E-state index >= 15 is 0 Å². The molecule has 0 aliphatic rings. The average Bonchev–Trinajstić information content (AvgIpc) is 3.52. The van der Waals surface area contributed by atoms with E-state index < -0.39 is 0 Å². The highest BCUT2D eigenvalue weighted by atomic mass is 15.1. The Kier molecular flexibility index (Phi) is 8.90. The Hall–Kier alpha value is -6.38. The monoisotopic (exact) mass is 684 g/mol. The smallest absolute Gasteiger partial charge is 0.0541 e. The first-order valence-electron chi connectivity index (χ1n) is 18.4. The van der Waals surface area contributed by atoms with Gasteiger partial charge in [-0.25, -0.2) is 0 Å². The molecule has 0 saturated carbocycles. The second kappa shape index (κ2) is 14.0. The van der Waals surface area contributed by atoms with Gasteiger partial charge in [0.15, 0.2) is 0 Å². The summed E-state index contributed by atoms with van der Waals surface area (Å²) in [6.07, 6.45) is 4.10. The van der Waals surface area contributed by atoms with E-state index in [9.17, 15) is 0 Å². The van der Waals surface area contributed by atoms with Crippen LogP contribution in [-0.2, 0) is 5.41 Å². The SMILES string of the molecule is C=C(/C=C\C)c1cccc(N(c2cccc(-c3ccccc3)c2)c2cccc(-c3ccc4c(c3)c3cc(C(C)(C)C)ccc3n4-c3ccccc3)c2)c1. The summed E-state index contributed by atoms with van der Waals surface area (Å²) in [6, 6.07) is 61.6. The minimum Gasteiger partial charge on any atom is -0.310 e. The maximum absolute atomic E-state index is 4.35. The minimum absolute atomic E-state index is 0.0407. The van der Waals surface area contributed by atoms with Crippen molar-refractivity contribution in [3.8, 4) is 27.9 Å². The van der Waals surface area contributed by atoms with E-state index in [1.165, 1.54) is 49.7 Å². The Bertz CT molecular complexity index is 2620. The number of fused-ring (bicyclic) bond motifs is 3. The zero-order valence-electron chi connectivity index (χ0n) is 30.9. The molecule has 0 aliphatic carbocycles. The summed E-state index contributed by atoms with van der Waals surface area (Å²) >= 11 is 0. The van der Waals surface area contributed by atoms with Crippen molar-refractivity contribution in [3.63, 3.8) is 0 Å². The summed E-state index contributed by atoms with van der Waals surface area (Å²) in [5, 5.41) is 2.52. The Morgan fingerprint density at radius 2 is 1.06 bits per heavy atom. The Labute approximate surface area is 313 Å². The summed E-state index contributed by atoms with van der Waals surface area (Å²) < 4.78 is 2.40. The second-order valence-electron chi connectivity index (χ2n) is 14.8. The molecule has 0 bridgehead atoms. The molecule has 0 spiro atoms. The van der Waals surface area contributed by atoms with E-state index in [2.05, 4.69) is 213 Å². The molecule has 0 amide bonds. The number of anilines is 3. The van der Waals surface area contributed by atoms with Gasteiger partial charge in [0.2, 0.25) is 0 Å². The molecule has 0 radical (unpaired) electrons. The molecule has 0 aliphatic heterocycles. The lowest BCUT2D eigenvalue weighted by Crippen LogP contribution is -2.10. The van der Waals surface area contributed by atoms with Crippen molar-refractivity contribution in [1.82, 2.24) is 4.57 Å². The first-order valence-corrected chi connectivity index (χ1v) is 18.4. The van der Waals surface area contributed by atoms with Gasteiger partial charge in [0.05, 0.1) is 11.0 Å². The highest BCUT2D eigenvalue weighted by molar-refractivity contribution is 6.11. The molecule has 1 aromatic heterocycles. The van der Waals surface area contributed by atoms with Crippen LogP contribution in [0.3, 0.4) is 0 Å². The minimum atomic E-state index is 0.0407. The van der Waals surface area contributed by atoms with Gasteiger partial charge in [0.1, 0.15) is 0 Å². The van der Waals surface area contributed by atoms with E-state index in [0.717, 1.165) is 33.8 Å². The summed E-state index contributed by atoms with van der Waals surface area (Å²) in [6.45, 7) is 13.2. The molecule has 8 aromatic rings. The summed E-state index contributed by atoms with van der Waals surface area (Å²) in [5.74, 6) is 0. The van der Waals surface area contributed by atoms with Gasteiger partial charge < -0.3 is 9.47 Å². The molecule has 0 atom stereocenters. The standard InChI is InChI=1S/C51H44N2/c1-6-16-36(2)38-19-13-24-44(31-38)52(45-25-14-20-39(32-45)37-17-9-7-10-18-37)46-26-15-21-40(33-46)41-27-29-49-47(34-41)48-35-42(51(3,4)5)28-30-50(48)53(49)43-22-11-8-12-23-43/h6-35H,2H2,1,3-5H3/b16-6-. The molecule has 7 aromatic carbocycles. The molecule has 1 heterocycles. The number of rotatable bonds is 8. The van der Waals surface area contributed by atoms with Crippen LogP contribution in [0.1, 0.15) is 38.8 Å². The molecule has 0 fully saturated rings. The Balaban J connectivity index is 1.30. The van der Waals surface area contributed by atoms with Crippen LogP contribution in [0.2, 0.25) is 0 Å².